The van der Waals surface area contributed by atoms with Crippen LogP contribution in [0.3, 0.4) is 0 Å². The first-order valence-corrected chi connectivity index (χ1v) is 7.06. The minimum absolute atomic E-state index is 0.472. The lowest BCUT2D eigenvalue weighted by atomic mass is 9.90. The third-order valence-corrected chi connectivity index (χ3v) is 4.62. The van der Waals surface area contributed by atoms with Gasteiger partial charge >= 0.3 is 0 Å². The van der Waals surface area contributed by atoms with E-state index >= 15 is 0 Å². The van der Waals surface area contributed by atoms with Crippen molar-refractivity contribution in [2.24, 2.45) is 5.73 Å². The first-order valence-electron chi connectivity index (χ1n) is 7.06. The first kappa shape index (κ1) is 11.0. The molecular weight excluding hydrogens is 198 g/mol. The van der Waals surface area contributed by atoms with Crippen LogP contribution in [0.15, 0.2) is 0 Å². The van der Waals surface area contributed by atoms with Crippen LogP contribution in [0, 0.1) is 0 Å². The van der Waals surface area contributed by atoms with Crippen molar-refractivity contribution >= 4 is 0 Å². The molecule has 0 aromatic rings. The number of hydrogen-bond acceptors (Lipinski definition) is 3. The Labute approximate surface area is 99.0 Å². The van der Waals surface area contributed by atoms with Crippen molar-refractivity contribution in [2.45, 2.75) is 56.7 Å². The standard InChI is InChI=1S/C13H25N3/c14-11-2-1-3-13(10-11)16-8-6-15(7-9-16)12-4-5-12/h11-13H,1-10,14H2/t11-,13?/m1/s1. The Morgan fingerprint density at radius 1 is 0.750 bits per heavy atom. The molecular formula is C13H25N3. The van der Waals surface area contributed by atoms with Gasteiger partial charge in [-0.25, -0.2) is 0 Å². The van der Waals surface area contributed by atoms with Crippen LogP contribution < -0.4 is 5.73 Å². The van der Waals surface area contributed by atoms with Gasteiger partial charge < -0.3 is 5.73 Å². The van der Waals surface area contributed by atoms with Gasteiger partial charge in [0.05, 0.1) is 0 Å². The molecule has 0 aromatic heterocycles. The largest absolute Gasteiger partial charge is 0.328 e. The van der Waals surface area contributed by atoms with E-state index in [9.17, 15) is 0 Å². The molecule has 0 bridgehead atoms. The number of nitrogens with zero attached hydrogens (tertiary/aromatic N) is 2. The molecule has 0 spiro atoms. The molecule has 2 N–H and O–H groups in total. The van der Waals surface area contributed by atoms with Gasteiger partial charge in [0.15, 0.2) is 0 Å². The summed E-state index contributed by atoms with van der Waals surface area (Å²) in [4.78, 5) is 5.40. The van der Waals surface area contributed by atoms with Gasteiger partial charge in [0.1, 0.15) is 0 Å². The molecule has 1 heterocycles. The van der Waals surface area contributed by atoms with Gasteiger partial charge in [0.25, 0.3) is 0 Å². The van der Waals surface area contributed by atoms with Crippen LogP contribution >= 0.6 is 0 Å². The molecule has 3 fully saturated rings. The maximum atomic E-state index is 6.08. The highest BCUT2D eigenvalue weighted by atomic mass is 15.3. The molecule has 2 aliphatic carbocycles. The Kier molecular flexibility index (Phi) is 3.18. The van der Waals surface area contributed by atoms with Crippen LogP contribution in [0.5, 0.6) is 0 Å². The topological polar surface area (TPSA) is 32.5 Å². The summed E-state index contributed by atoms with van der Waals surface area (Å²) in [5.41, 5.74) is 6.08. The van der Waals surface area contributed by atoms with Crippen molar-refractivity contribution in [3.63, 3.8) is 0 Å². The molecule has 2 atom stereocenters. The van der Waals surface area contributed by atoms with Crippen molar-refractivity contribution < 1.29 is 0 Å². The molecule has 3 nitrogen and oxygen atoms in total. The molecule has 3 heteroatoms. The Balaban J connectivity index is 1.48. The predicted molar refractivity (Wildman–Crippen MR) is 66.4 cm³/mol. The molecule has 0 aromatic carbocycles. The summed E-state index contributed by atoms with van der Waals surface area (Å²) < 4.78 is 0. The lowest BCUT2D eigenvalue weighted by molar-refractivity contribution is 0.0716. The van der Waals surface area contributed by atoms with Crippen molar-refractivity contribution in [3.8, 4) is 0 Å². The fourth-order valence-corrected chi connectivity index (χ4v) is 3.44. The number of rotatable bonds is 2. The fourth-order valence-electron chi connectivity index (χ4n) is 3.44. The number of piperazine rings is 1. The molecule has 2 saturated carbocycles. The van der Waals surface area contributed by atoms with E-state index < -0.39 is 0 Å². The second kappa shape index (κ2) is 4.63. The van der Waals surface area contributed by atoms with Gasteiger partial charge in [0, 0.05) is 44.3 Å². The van der Waals surface area contributed by atoms with E-state index in [0.29, 0.717) is 6.04 Å². The monoisotopic (exact) mass is 223 g/mol. The normalized spacial score (nSPS) is 38.8. The van der Waals surface area contributed by atoms with Gasteiger partial charge in [-0.3, -0.25) is 9.80 Å². The first-order chi connectivity index (χ1) is 7.83. The summed E-state index contributed by atoms with van der Waals surface area (Å²) in [6.07, 6.45) is 8.12. The fraction of sp³-hybridized carbons (Fsp3) is 1.00. The van der Waals surface area contributed by atoms with Crippen LogP contribution in [-0.2, 0) is 0 Å². The molecule has 1 unspecified atom stereocenters. The number of nitrogens with two attached hydrogens (primary N) is 1. The van der Waals surface area contributed by atoms with E-state index in [-0.39, 0.29) is 0 Å². The maximum Gasteiger partial charge on any atom is 0.0113 e. The van der Waals surface area contributed by atoms with E-state index in [4.69, 9.17) is 5.73 Å². The molecule has 1 saturated heterocycles. The Morgan fingerprint density at radius 2 is 1.38 bits per heavy atom. The zero-order chi connectivity index (χ0) is 11.0. The summed E-state index contributed by atoms with van der Waals surface area (Å²) in [5, 5.41) is 0. The summed E-state index contributed by atoms with van der Waals surface area (Å²) in [7, 11) is 0. The molecule has 92 valence electrons. The maximum absolute atomic E-state index is 6.08. The predicted octanol–water partition coefficient (Wildman–Crippen LogP) is 1.04. The zero-order valence-corrected chi connectivity index (χ0v) is 10.3. The average molecular weight is 223 g/mol. The van der Waals surface area contributed by atoms with E-state index in [1.54, 1.807) is 0 Å². The molecule has 3 rings (SSSR count). The molecule has 16 heavy (non-hydrogen) atoms. The van der Waals surface area contributed by atoms with E-state index in [1.807, 2.05) is 0 Å². The summed E-state index contributed by atoms with van der Waals surface area (Å²) >= 11 is 0. The van der Waals surface area contributed by atoms with Gasteiger partial charge in [-0.05, 0) is 32.1 Å². The van der Waals surface area contributed by atoms with Crippen molar-refractivity contribution in [3.05, 3.63) is 0 Å². The minimum atomic E-state index is 0.472. The number of hydrogen-bond donors (Lipinski definition) is 1. The lowest BCUT2D eigenvalue weighted by Gasteiger charge is -2.42. The van der Waals surface area contributed by atoms with Crippen molar-refractivity contribution in [2.75, 3.05) is 26.2 Å². The molecule has 3 aliphatic rings. The SMILES string of the molecule is N[C@@H]1CCCC(N2CCN(C3CC3)CC2)C1. The molecule has 0 amide bonds. The van der Waals surface area contributed by atoms with Crippen LogP contribution in [0.1, 0.15) is 38.5 Å². The second-order valence-electron chi connectivity index (χ2n) is 5.88. The van der Waals surface area contributed by atoms with E-state index in [0.717, 1.165) is 12.1 Å². The van der Waals surface area contributed by atoms with Crippen LogP contribution in [-0.4, -0.2) is 54.1 Å². The highest BCUT2D eigenvalue weighted by Crippen LogP contribution is 2.29. The van der Waals surface area contributed by atoms with Crippen LogP contribution in [0.2, 0.25) is 0 Å². The Bertz CT molecular complexity index is 231. The van der Waals surface area contributed by atoms with Crippen molar-refractivity contribution in [1.82, 2.24) is 9.80 Å². The van der Waals surface area contributed by atoms with Gasteiger partial charge in [0.2, 0.25) is 0 Å². The second-order valence-corrected chi connectivity index (χ2v) is 5.88. The smallest absolute Gasteiger partial charge is 0.0113 e. The lowest BCUT2D eigenvalue weighted by Crippen LogP contribution is -2.52. The van der Waals surface area contributed by atoms with Crippen LogP contribution in [0.25, 0.3) is 0 Å². The Hall–Kier alpha value is -0.120. The molecule has 1 aliphatic heterocycles. The average Bonchev–Trinajstić information content (AvgIpc) is 3.13. The highest BCUT2D eigenvalue weighted by molar-refractivity contribution is 4.90. The van der Waals surface area contributed by atoms with Gasteiger partial charge in [-0.1, -0.05) is 6.42 Å². The summed E-state index contributed by atoms with van der Waals surface area (Å²) in [6.45, 7) is 5.18. The summed E-state index contributed by atoms with van der Waals surface area (Å²) in [6, 6.07) is 2.22. The molecule has 0 radical (unpaired) electrons. The highest BCUT2D eigenvalue weighted by Gasteiger charge is 2.33. The van der Waals surface area contributed by atoms with Crippen molar-refractivity contribution in [1.29, 1.82) is 0 Å². The van der Waals surface area contributed by atoms with Gasteiger partial charge in [-0.15, -0.1) is 0 Å². The van der Waals surface area contributed by atoms with Crippen LogP contribution in [0.4, 0.5) is 0 Å². The summed E-state index contributed by atoms with van der Waals surface area (Å²) in [5.74, 6) is 0. The van der Waals surface area contributed by atoms with E-state index in [2.05, 4.69) is 9.80 Å². The third kappa shape index (κ3) is 2.41. The third-order valence-electron chi connectivity index (χ3n) is 4.62. The Morgan fingerprint density at radius 3 is 1.94 bits per heavy atom. The van der Waals surface area contributed by atoms with Gasteiger partial charge in [-0.2, -0.15) is 0 Å². The quantitative estimate of drug-likeness (QED) is 0.759. The zero-order valence-electron chi connectivity index (χ0n) is 10.3. The minimum Gasteiger partial charge on any atom is -0.328 e. The van der Waals surface area contributed by atoms with E-state index in [1.165, 1.54) is 64.7 Å².